The quantitative estimate of drug-likeness (QED) is 0.914. The van der Waals surface area contributed by atoms with Crippen LogP contribution in [0.5, 0.6) is 0 Å². The summed E-state index contributed by atoms with van der Waals surface area (Å²) in [5, 5.41) is 7.21. The average Bonchev–Trinajstić information content (AvgIpc) is 2.67. The second kappa shape index (κ2) is 6.47. The summed E-state index contributed by atoms with van der Waals surface area (Å²) < 4.78 is 1.97. The highest BCUT2D eigenvalue weighted by molar-refractivity contribution is 5.90. The zero-order chi connectivity index (χ0) is 15.4. The lowest BCUT2D eigenvalue weighted by atomic mass is 10.1. The van der Waals surface area contributed by atoms with Gasteiger partial charge in [-0.05, 0) is 25.8 Å². The molecular formula is C15H21N5O. The second-order valence-corrected chi connectivity index (χ2v) is 5.52. The Hall–Kier alpha value is -2.24. The van der Waals surface area contributed by atoms with Crippen molar-refractivity contribution in [2.24, 2.45) is 5.92 Å². The number of hydrogen-bond donors (Lipinski definition) is 1. The fourth-order valence-corrected chi connectivity index (χ4v) is 2.21. The van der Waals surface area contributed by atoms with Gasteiger partial charge >= 0.3 is 0 Å². The number of hydrogen-bond acceptors (Lipinski definition) is 4. The van der Waals surface area contributed by atoms with Crippen molar-refractivity contribution in [2.75, 3.05) is 5.32 Å². The van der Waals surface area contributed by atoms with Gasteiger partial charge < -0.3 is 0 Å². The number of aromatic nitrogens is 4. The van der Waals surface area contributed by atoms with E-state index < -0.39 is 0 Å². The molecule has 0 bridgehead atoms. The Morgan fingerprint density at radius 1 is 1.29 bits per heavy atom. The number of carbonyl (C=O) groups excluding carboxylic acids is 1. The molecule has 0 radical (unpaired) electrons. The number of nitrogens with one attached hydrogen (secondary N) is 1. The van der Waals surface area contributed by atoms with Crippen molar-refractivity contribution in [3.8, 4) is 0 Å². The number of amides is 1. The van der Waals surface area contributed by atoms with Crippen LogP contribution in [0.15, 0.2) is 18.5 Å². The molecule has 0 saturated heterocycles. The van der Waals surface area contributed by atoms with Crippen molar-refractivity contribution in [1.82, 2.24) is 19.7 Å². The third-order valence-corrected chi connectivity index (χ3v) is 3.22. The number of nitrogens with zero attached hydrogens (tertiary/aromatic N) is 4. The first-order valence-corrected chi connectivity index (χ1v) is 7.07. The number of anilines is 1. The molecule has 112 valence electrons. The van der Waals surface area contributed by atoms with Gasteiger partial charge in [-0.2, -0.15) is 5.10 Å². The summed E-state index contributed by atoms with van der Waals surface area (Å²) in [6.07, 6.45) is 3.48. The molecule has 1 N–H and O–H groups in total. The van der Waals surface area contributed by atoms with Crippen LogP contribution in [0.25, 0.3) is 0 Å². The van der Waals surface area contributed by atoms with Crippen molar-refractivity contribution in [3.05, 3.63) is 35.4 Å². The number of rotatable bonds is 5. The predicted octanol–water partition coefficient (Wildman–Crippen LogP) is 2.13. The molecule has 0 unspecified atom stereocenters. The Balaban J connectivity index is 2.09. The SMILES string of the molecule is Cc1nn(CC(C)C)c(C)c1CC(=O)Nc1ncccn1. The molecule has 2 rings (SSSR count). The summed E-state index contributed by atoms with van der Waals surface area (Å²) in [5.41, 5.74) is 2.92. The maximum atomic E-state index is 12.1. The Kier molecular flexibility index (Phi) is 4.67. The van der Waals surface area contributed by atoms with Gasteiger partial charge in [-0.3, -0.25) is 14.8 Å². The molecular weight excluding hydrogens is 266 g/mol. The summed E-state index contributed by atoms with van der Waals surface area (Å²) in [5.74, 6) is 0.714. The highest BCUT2D eigenvalue weighted by Gasteiger charge is 2.16. The van der Waals surface area contributed by atoms with Crippen LogP contribution >= 0.6 is 0 Å². The van der Waals surface area contributed by atoms with Gasteiger partial charge in [-0.25, -0.2) is 9.97 Å². The molecule has 6 nitrogen and oxygen atoms in total. The average molecular weight is 287 g/mol. The van der Waals surface area contributed by atoms with Gasteiger partial charge in [0.2, 0.25) is 11.9 Å². The summed E-state index contributed by atoms with van der Waals surface area (Å²) in [6.45, 7) is 9.09. The fourth-order valence-electron chi connectivity index (χ4n) is 2.21. The first-order chi connectivity index (χ1) is 9.97. The van der Waals surface area contributed by atoms with Gasteiger partial charge in [0.15, 0.2) is 0 Å². The van der Waals surface area contributed by atoms with E-state index in [0.29, 0.717) is 11.9 Å². The predicted molar refractivity (Wildman–Crippen MR) is 80.9 cm³/mol. The molecule has 2 aromatic rings. The van der Waals surface area contributed by atoms with Crippen LogP contribution in [0.4, 0.5) is 5.95 Å². The lowest BCUT2D eigenvalue weighted by molar-refractivity contribution is -0.115. The minimum absolute atomic E-state index is 0.128. The Morgan fingerprint density at radius 2 is 1.95 bits per heavy atom. The number of carbonyl (C=O) groups is 1. The molecule has 1 amide bonds. The molecule has 0 aliphatic carbocycles. The van der Waals surface area contributed by atoms with Gasteiger partial charge in [0, 0.05) is 30.2 Å². The molecule has 2 aromatic heterocycles. The molecule has 0 fully saturated rings. The molecule has 2 heterocycles. The largest absolute Gasteiger partial charge is 0.294 e. The highest BCUT2D eigenvalue weighted by Crippen LogP contribution is 2.15. The second-order valence-electron chi connectivity index (χ2n) is 5.52. The molecule has 0 atom stereocenters. The van der Waals surface area contributed by atoms with E-state index in [1.54, 1.807) is 18.5 Å². The fraction of sp³-hybridized carbons (Fsp3) is 0.467. The van der Waals surface area contributed by atoms with Crippen molar-refractivity contribution in [3.63, 3.8) is 0 Å². The Morgan fingerprint density at radius 3 is 2.57 bits per heavy atom. The molecule has 0 aliphatic rings. The van der Waals surface area contributed by atoms with Crippen LogP contribution < -0.4 is 5.32 Å². The lowest BCUT2D eigenvalue weighted by Gasteiger charge is -2.08. The molecule has 6 heteroatoms. The van der Waals surface area contributed by atoms with Crippen molar-refractivity contribution < 1.29 is 4.79 Å². The maximum Gasteiger partial charge on any atom is 0.231 e. The zero-order valence-corrected chi connectivity index (χ0v) is 12.9. The summed E-state index contributed by atoms with van der Waals surface area (Å²) in [7, 11) is 0. The van der Waals surface area contributed by atoms with Gasteiger partial charge in [-0.15, -0.1) is 0 Å². The topological polar surface area (TPSA) is 72.7 Å². The molecule has 0 saturated carbocycles. The van der Waals surface area contributed by atoms with Crippen LogP contribution in [0.2, 0.25) is 0 Å². The third-order valence-electron chi connectivity index (χ3n) is 3.22. The van der Waals surface area contributed by atoms with Crippen molar-refractivity contribution >= 4 is 11.9 Å². The van der Waals surface area contributed by atoms with E-state index in [-0.39, 0.29) is 12.3 Å². The van der Waals surface area contributed by atoms with Crippen molar-refractivity contribution in [1.29, 1.82) is 0 Å². The summed E-state index contributed by atoms with van der Waals surface area (Å²) >= 11 is 0. The molecule has 0 aromatic carbocycles. The maximum absolute atomic E-state index is 12.1. The number of aryl methyl sites for hydroxylation is 1. The monoisotopic (exact) mass is 287 g/mol. The van der Waals surface area contributed by atoms with Crippen LogP contribution in [-0.4, -0.2) is 25.7 Å². The van der Waals surface area contributed by atoms with E-state index in [1.807, 2.05) is 18.5 Å². The summed E-state index contributed by atoms with van der Waals surface area (Å²) in [6, 6.07) is 1.71. The highest BCUT2D eigenvalue weighted by atomic mass is 16.1. The minimum Gasteiger partial charge on any atom is -0.294 e. The van der Waals surface area contributed by atoms with Gasteiger partial charge in [0.1, 0.15) is 0 Å². The first kappa shape index (κ1) is 15.2. The van der Waals surface area contributed by atoms with E-state index in [2.05, 4.69) is 34.2 Å². The minimum atomic E-state index is -0.128. The van der Waals surface area contributed by atoms with E-state index in [9.17, 15) is 4.79 Å². The smallest absolute Gasteiger partial charge is 0.231 e. The molecule has 0 spiro atoms. The standard InChI is InChI=1S/C15H21N5O/c1-10(2)9-20-12(4)13(11(3)19-20)8-14(21)18-15-16-6-5-7-17-15/h5-7,10H,8-9H2,1-4H3,(H,16,17,18,21). The van der Waals surface area contributed by atoms with E-state index in [1.165, 1.54) is 0 Å². The van der Waals surface area contributed by atoms with E-state index in [4.69, 9.17) is 0 Å². The molecule has 21 heavy (non-hydrogen) atoms. The van der Waals surface area contributed by atoms with Gasteiger partial charge in [0.25, 0.3) is 0 Å². The van der Waals surface area contributed by atoms with Crippen LogP contribution in [-0.2, 0) is 17.8 Å². The lowest BCUT2D eigenvalue weighted by Crippen LogP contribution is -2.17. The normalized spacial score (nSPS) is 10.9. The summed E-state index contributed by atoms with van der Waals surface area (Å²) in [4.78, 5) is 20.1. The zero-order valence-electron chi connectivity index (χ0n) is 12.9. The van der Waals surface area contributed by atoms with Crippen LogP contribution in [0.3, 0.4) is 0 Å². The Bertz CT molecular complexity index is 618. The third kappa shape index (κ3) is 3.87. The van der Waals surface area contributed by atoms with Gasteiger partial charge in [0.05, 0.1) is 12.1 Å². The first-order valence-electron chi connectivity index (χ1n) is 7.07. The van der Waals surface area contributed by atoms with Crippen molar-refractivity contribution in [2.45, 2.75) is 40.7 Å². The van der Waals surface area contributed by atoms with Crippen LogP contribution in [0.1, 0.15) is 30.8 Å². The van der Waals surface area contributed by atoms with Gasteiger partial charge in [-0.1, -0.05) is 13.8 Å². The van der Waals surface area contributed by atoms with E-state index in [0.717, 1.165) is 23.5 Å². The van der Waals surface area contributed by atoms with E-state index >= 15 is 0 Å². The Labute approximate surface area is 124 Å². The molecule has 0 aliphatic heterocycles. The van der Waals surface area contributed by atoms with Crippen LogP contribution in [0, 0.1) is 19.8 Å².